The highest BCUT2D eigenvalue weighted by atomic mass is 16.5. The number of ether oxygens (including phenoxy) is 2. The third-order valence-electron chi connectivity index (χ3n) is 3.75. The second kappa shape index (κ2) is 5.73. The van der Waals surface area contributed by atoms with Gasteiger partial charge in [-0.3, -0.25) is 4.79 Å². The molecule has 1 saturated carbocycles. The van der Waals surface area contributed by atoms with Crippen molar-refractivity contribution in [1.82, 2.24) is 5.32 Å². The summed E-state index contributed by atoms with van der Waals surface area (Å²) in [6.45, 7) is 0.177. The Labute approximate surface area is 126 Å². The van der Waals surface area contributed by atoms with Crippen molar-refractivity contribution in [3.05, 3.63) is 23.8 Å². The Kier molecular flexibility index (Phi) is 2.45. The molecule has 0 radical (unpaired) electrons. The Balaban J connectivity index is 1.95. The maximum atomic E-state index is 11.5. The molecule has 1 aromatic rings. The molecule has 0 bridgehead atoms. The number of rotatable bonds is 4. The Morgan fingerprint density at radius 3 is 2.90 bits per heavy atom. The molecule has 2 aliphatic rings. The minimum Gasteiger partial charge on any atom is -0.493 e. The standard InChI is InChI=1S/C16H21NO3/c1-19-14-7-6-11(12-9-16(18)17-10-12)8-15(14)20-13-4-2-3-5-13/h6-8,12-13H,2-5,9-10H2,1H3,(H,17,18)/i1D3,12D,13D. The second-order valence-corrected chi connectivity index (χ2v) is 5.17. The SMILES string of the molecule is [2H]C([2H])([2H])Oc1ccc(C2([2H])CNC(=O)C2)cc1OC1([2H])CCCC1. The van der Waals surface area contributed by atoms with Gasteiger partial charge in [-0.1, -0.05) is 6.07 Å². The van der Waals surface area contributed by atoms with Crippen molar-refractivity contribution in [2.45, 2.75) is 44.1 Å². The summed E-state index contributed by atoms with van der Waals surface area (Å²) in [5, 5.41) is 2.64. The van der Waals surface area contributed by atoms with Gasteiger partial charge in [0.15, 0.2) is 11.5 Å². The van der Waals surface area contributed by atoms with Crippen LogP contribution in [-0.4, -0.2) is 25.6 Å². The summed E-state index contributed by atoms with van der Waals surface area (Å²) in [7, 11) is -2.64. The van der Waals surface area contributed by atoms with Crippen LogP contribution >= 0.6 is 0 Å². The molecule has 108 valence electrons. The van der Waals surface area contributed by atoms with E-state index in [-0.39, 0.29) is 30.4 Å². The molecule has 1 aromatic carbocycles. The van der Waals surface area contributed by atoms with Gasteiger partial charge in [-0.15, -0.1) is 0 Å². The predicted molar refractivity (Wildman–Crippen MR) is 76.2 cm³/mol. The number of nitrogens with one attached hydrogen (secondary N) is 1. The largest absolute Gasteiger partial charge is 0.493 e. The third-order valence-corrected chi connectivity index (χ3v) is 3.75. The summed E-state index contributed by atoms with van der Waals surface area (Å²) in [6.07, 6.45) is 1.76. The molecule has 1 atom stereocenters. The normalized spacial score (nSPS) is 32.4. The maximum Gasteiger partial charge on any atom is 0.220 e. The van der Waals surface area contributed by atoms with Crippen molar-refractivity contribution in [1.29, 1.82) is 0 Å². The molecule has 1 unspecified atom stereocenters. The molecule has 1 N–H and O–H groups in total. The van der Waals surface area contributed by atoms with E-state index in [1.165, 1.54) is 12.1 Å². The van der Waals surface area contributed by atoms with Gasteiger partial charge < -0.3 is 14.8 Å². The molecule has 1 aliphatic carbocycles. The first-order valence-electron chi connectivity index (χ1n) is 9.38. The topological polar surface area (TPSA) is 47.6 Å². The Morgan fingerprint density at radius 1 is 1.35 bits per heavy atom. The summed E-state index contributed by atoms with van der Waals surface area (Å²) in [5.41, 5.74) is 0.528. The summed E-state index contributed by atoms with van der Waals surface area (Å²) in [6, 6.07) is 4.55. The van der Waals surface area contributed by atoms with E-state index in [1.54, 1.807) is 6.07 Å². The molecular weight excluding hydrogens is 254 g/mol. The van der Waals surface area contributed by atoms with Crippen LogP contribution in [0.1, 0.15) is 50.4 Å². The fraction of sp³-hybridized carbons (Fsp3) is 0.562. The Morgan fingerprint density at radius 2 is 2.20 bits per heavy atom. The number of benzene rings is 1. The molecule has 20 heavy (non-hydrogen) atoms. The first-order chi connectivity index (χ1) is 11.6. The minimum absolute atomic E-state index is 0.0168. The van der Waals surface area contributed by atoms with E-state index in [4.69, 9.17) is 16.3 Å². The van der Waals surface area contributed by atoms with E-state index < -0.39 is 19.0 Å². The monoisotopic (exact) mass is 280 g/mol. The molecule has 2 fully saturated rings. The van der Waals surface area contributed by atoms with Crippen molar-refractivity contribution < 1.29 is 21.1 Å². The third kappa shape index (κ3) is 2.74. The quantitative estimate of drug-likeness (QED) is 0.922. The lowest BCUT2D eigenvalue weighted by atomic mass is 9.98. The number of carbonyl (C=O) groups excluding carboxylic acids is 1. The Bertz CT molecular complexity index is 672. The molecule has 4 nitrogen and oxygen atoms in total. The summed E-state index contributed by atoms with van der Waals surface area (Å²) < 4.78 is 49.6. The van der Waals surface area contributed by atoms with Crippen LogP contribution in [0.2, 0.25) is 0 Å². The van der Waals surface area contributed by atoms with Crippen molar-refractivity contribution in [2.24, 2.45) is 0 Å². The van der Waals surface area contributed by atoms with Gasteiger partial charge in [0.2, 0.25) is 5.91 Å². The molecule has 1 aliphatic heterocycles. The summed E-state index contributed by atoms with van der Waals surface area (Å²) in [4.78, 5) is 11.5. The zero-order valence-electron chi connectivity index (χ0n) is 16.2. The minimum atomic E-state index is -2.64. The van der Waals surface area contributed by atoms with Crippen molar-refractivity contribution in [3.8, 4) is 11.5 Å². The van der Waals surface area contributed by atoms with Crippen LogP contribution in [0.3, 0.4) is 0 Å². The molecule has 1 saturated heterocycles. The number of hydrogen-bond acceptors (Lipinski definition) is 3. The second-order valence-electron chi connectivity index (χ2n) is 5.17. The van der Waals surface area contributed by atoms with E-state index in [0.29, 0.717) is 18.4 Å². The lowest BCUT2D eigenvalue weighted by Crippen LogP contribution is -2.14. The highest BCUT2D eigenvalue weighted by Gasteiger charge is 2.25. The van der Waals surface area contributed by atoms with E-state index in [2.05, 4.69) is 5.32 Å². The van der Waals surface area contributed by atoms with E-state index >= 15 is 0 Å². The van der Waals surface area contributed by atoms with Gasteiger partial charge in [-0.2, -0.15) is 0 Å². The van der Waals surface area contributed by atoms with Crippen molar-refractivity contribution in [3.63, 3.8) is 0 Å². The van der Waals surface area contributed by atoms with Gasteiger partial charge in [0, 0.05) is 20.2 Å². The number of amides is 1. The highest BCUT2D eigenvalue weighted by Crippen LogP contribution is 2.35. The van der Waals surface area contributed by atoms with Crippen LogP contribution in [0.15, 0.2) is 18.2 Å². The number of carbonyl (C=O) groups is 1. The van der Waals surface area contributed by atoms with Gasteiger partial charge in [0.05, 0.1) is 18.6 Å². The molecule has 0 aromatic heterocycles. The smallest absolute Gasteiger partial charge is 0.220 e. The summed E-state index contributed by atoms with van der Waals surface area (Å²) >= 11 is 0. The van der Waals surface area contributed by atoms with Crippen LogP contribution in [0.5, 0.6) is 11.5 Å². The van der Waals surface area contributed by atoms with Crippen LogP contribution in [0.25, 0.3) is 0 Å². The highest BCUT2D eigenvalue weighted by molar-refractivity contribution is 5.79. The maximum absolute atomic E-state index is 11.5. The van der Waals surface area contributed by atoms with Crippen LogP contribution < -0.4 is 14.8 Å². The van der Waals surface area contributed by atoms with Gasteiger partial charge in [-0.25, -0.2) is 0 Å². The average Bonchev–Trinajstić information content (AvgIpc) is 3.06. The van der Waals surface area contributed by atoms with Crippen LogP contribution in [0.4, 0.5) is 0 Å². The van der Waals surface area contributed by atoms with Gasteiger partial charge in [0.1, 0.15) is 0 Å². The van der Waals surface area contributed by atoms with Gasteiger partial charge in [0.25, 0.3) is 0 Å². The van der Waals surface area contributed by atoms with E-state index in [1.807, 2.05) is 0 Å². The van der Waals surface area contributed by atoms with E-state index in [9.17, 15) is 4.79 Å². The molecule has 0 spiro atoms. The number of hydrogen-bond donors (Lipinski definition) is 1. The van der Waals surface area contributed by atoms with Crippen LogP contribution in [-0.2, 0) is 4.79 Å². The predicted octanol–water partition coefficient (Wildman–Crippen LogP) is 2.62. The first-order valence-corrected chi connectivity index (χ1v) is 6.88. The molecular formula is C16H21NO3. The van der Waals surface area contributed by atoms with E-state index in [0.717, 1.165) is 12.8 Å². The van der Waals surface area contributed by atoms with Crippen LogP contribution in [0, 0.1) is 0 Å². The lowest BCUT2D eigenvalue weighted by Gasteiger charge is -2.18. The summed E-state index contributed by atoms with van der Waals surface area (Å²) in [5.74, 6) is -1.19. The fourth-order valence-corrected chi connectivity index (χ4v) is 2.65. The Hall–Kier alpha value is -1.71. The van der Waals surface area contributed by atoms with Gasteiger partial charge >= 0.3 is 0 Å². The first kappa shape index (κ1) is 8.55. The molecule has 4 heteroatoms. The molecule has 1 heterocycles. The zero-order chi connectivity index (χ0) is 18.3. The zero-order valence-corrected chi connectivity index (χ0v) is 11.2. The number of methoxy groups -OCH3 is 1. The average molecular weight is 280 g/mol. The molecule has 3 rings (SSSR count). The molecule has 1 amide bonds. The van der Waals surface area contributed by atoms with Crippen molar-refractivity contribution in [2.75, 3.05) is 13.6 Å². The van der Waals surface area contributed by atoms with Gasteiger partial charge in [-0.05, 0) is 43.4 Å². The fourth-order valence-electron chi connectivity index (χ4n) is 2.65. The van der Waals surface area contributed by atoms with Crippen molar-refractivity contribution >= 4 is 5.91 Å². The lowest BCUT2D eigenvalue weighted by molar-refractivity contribution is -0.119.